The number of carbonyl (C=O) groups excluding carboxylic acids is 2. The first kappa shape index (κ1) is 17.8. The van der Waals surface area contributed by atoms with Gasteiger partial charge in [-0.05, 0) is 48.4 Å². The van der Waals surface area contributed by atoms with Crippen LogP contribution in [0.15, 0.2) is 54.6 Å². The Hall–Kier alpha value is -2.59. The van der Waals surface area contributed by atoms with E-state index in [9.17, 15) is 9.59 Å². The van der Waals surface area contributed by atoms with Crippen LogP contribution in [0.1, 0.15) is 31.0 Å². The zero-order chi connectivity index (χ0) is 17.5. The largest absolute Gasteiger partial charge is 0.346 e. The van der Waals surface area contributed by atoms with Gasteiger partial charge in [-0.1, -0.05) is 35.9 Å². The van der Waals surface area contributed by atoms with Gasteiger partial charge in [0.15, 0.2) is 0 Å². The van der Waals surface area contributed by atoms with Gasteiger partial charge in [0.1, 0.15) is 0 Å². The van der Waals surface area contributed by atoms with Crippen LogP contribution in [0.5, 0.6) is 0 Å². The Balaban J connectivity index is 1.92. The van der Waals surface area contributed by atoms with Gasteiger partial charge in [0.25, 0.3) is 0 Å². The fraction of sp³-hybridized carbons (Fsp3) is 0.158. The number of amides is 2. The minimum Gasteiger partial charge on any atom is -0.346 e. The van der Waals surface area contributed by atoms with Gasteiger partial charge in [0.2, 0.25) is 11.8 Å². The van der Waals surface area contributed by atoms with Crippen molar-refractivity contribution in [3.05, 3.63) is 70.8 Å². The minimum absolute atomic E-state index is 0.110. The molecule has 4 nitrogen and oxygen atoms in total. The van der Waals surface area contributed by atoms with E-state index in [0.717, 1.165) is 16.8 Å². The highest BCUT2D eigenvalue weighted by atomic mass is 35.5. The molecule has 5 heteroatoms. The summed E-state index contributed by atoms with van der Waals surface area (Å²) >= 11 is 5.86. The number of benzene rings is 2. The van der Waals surface area contributed by atoms with E-state index in [1.165, 1.54) is 13.0 Å². The molecule has 0 saturated heterocycles. The summed E-state index contributed by atoms with van der Waals surface area (Å²) in [6.07, 6.45) is 3.21. The van der Waals surface area contributed by atoms with E-state index >= 15 is 0 Å². The Kier molecular flexibility index (Phi) is 6.15. The van der Waals surface area contributed by atoms with Crippen molar-refractivity contribution in [3.8, 4) is 0 Å². The molecule has 2 aromatic rings. The van der Waals surface area contributed by atoms with Gasteiger partial charge in [-0.25, -0.2) is 0 Å². The summed E-state index contributed by atoms with van der Waals surface area (Å²) in [4.78, 5) is 23.0. The third-order valence-corrected chi connectivity index (χ3v) is 3.64. The van der Waals surface area contributed by atoms with Crippen LogP contribution < -0.4 is 10.6 Å². The van der Waals surface area contributed by atoms with Crippen molar-refractivity contribution >= 4 is 35.2 Å². The second-order valence-corrected chi connectivity index (χ2v) is 5.85. The molecule has 0 spiro atoms. The molecule has 0 radical (unpaired) electrons. The lowest BCUT2D eigenvalue weighted by Gasteiger charge is -2.12. The van der Waals surface area contributed by atoms with Crippen LogP contribution in [-0.4, -0.2) is 11.8 Å². The van der Waals surface area contributed by atoms with Gasteiger partial charge < -0.3 is 10.6 Å². The van der Waals surface area contributed by atoms with E-state index in [0.29, 0.717) is 5.02 Å². The first-order chi connectivity index (χ1) is 11.4. The molecule has 1 atom stereocenters. The van der Waals surface area contributed by atoms with Crippen LogP contribution >= 0.6 is 11.6 Å². The lowest BCUT2D eigenvalue weighted by molar-refractivity contribution is -0.117. The fourth-order valence-corrected chi connectivity index (χ4v) is 2.28. The molecular formula is C19H19ClN2O2. The molecule has 124 valence electrons. The molecule has 1 unspecified atom stereocenters. The van der Waals surface area contributed by atoms with Crippen molar-refractivity contribution in [2.75, 3.05) is 5.32 Å². The van der Waals surface area contributed by atoms with Crippen LogP contribution in [-0.2, 0) is 9.59 Å². The van der Waals surface area contributed by atoms with Crippen molar-refractivity contribution < 1.29 is 9.59 Å². The highest BCUT2D eigenvalue weighted by Crippen LogP contribution is 2.16. The van der Waals surface area contributed by atoms with Crippen LogP contribution in [0.3, 0.4) is 0 Å². The SMILES string of the molecule is CC(=O)Nc1ccc(/C=C/C(=O)NC(C)c2ccc(Cl)cc2)cc1. The minimum atomic E-state index is -0.177. The van der Waals surface area contributed by atoms with E-state index in [-0.39, 0.29) is 17.9 Å². The molecular weight excluding hydrogens is 324 g/mol. The Morgan fingerprint density at radius 3 is 2.25 bits per heavy atom. The number of hydrogen-bond donors (Lipinski definition) is 2. The maximum absolute atomic E-state index is 12.0. The van der Waals surface area contributed by atoms with Gasteiger partial charge in [-0.3, -0.25) is 9.59 Å². The molecule has 2 aromatic carbocycles. The van der Waals surface area contributed by atoms with Gasteiger partial charge in [0, 0.05) is 23.7 Å². The lowest BCUT2D eigenvalue weighted by Crippen LogP contribution is -2.24. The Morgan fingerprint density at radius 1 is 1.04 bits per heavy atom. The summed E-state index contributed by atoms with van der Waals surface area (Å²) in [5.41, 5.74) is 2.58. The van der Waals surface area contributed by atoms with Crippen molar-refractivity contribution in [1.82, 2.24) is 5.32 Å². The van der Waals surface area contributed by atoms with E-state index in [1.54, 1.807) is 30.3 Å². The second kappa shape index (κ2) is 8.31. The molecule has 2 amide bonds. The van der Waals surface area contributed by atoms with E-state index < -0.39 is 0 Å². The number of carbonyl (C=O) groups is 2. The third kappa shape index (κ3) is 5.56. The molecule has 24 heavy (non-hydrogen) atoms. The summed E-state index contributed by atoms with van der Waals surface area (Å²) in [6.45, 7) is 3.37. The number of anilines is 1. The van der Waals surface area contributed by atoms with Crippen LogP contribution in [0.4, 0.5) is 5.69 Å². The molecule has 2 rings (SSSR count). The molecule has 0 bridgehead atoms. The lowest BCUT2D eigenvalue weighted by atomic mass is 10.1. The van der Waals surface area contributed by atoms with Crippen molar-refractivity contribution in [3.63, 3.8) is 0 Å². The normalized spacial score (nSPS) is 12.0. The van der Waals surface area contributed by atoms with Crippen molar-refractivity contribution in [2.45, 2.75) is 19.9 Å². The summed E-state index contributed by atoms with van der Waals surface area (Å²) in [5.74, 6) is -0.294. The van der Waals surface area contributed by atoms with E-state index in [4.69, 9.17) is 11.6 Å². The van der Waals surface area contributed by atoms with Crippen LogP contribution in [0.2, 0.25) is 5.02 Å². The first-order valence-electron chi connectivity index (χ1n) is 7.56. The molecule has 0 aliphatic carbocycles. The standard InChI is InChI=1S/C19H19ClN2O2/c1-13(16-6-8-17(20)9-7-16)21-19(24)12-5-15-3-10-18(11-4-15)22-14(2)23/h3-13H,1-2H3,(H,21,24)(H,22,23)/b12-5+. The third-order valence-electron chi connectivity index (χ3n) is 3.39. The van der Waals surface area contributed by atoms with Crippen molar-refractivity contribution in [2.24, 2.45) is 0 Å². The molecule has 2 N–H and O–H groups in total. The fourth-order valence-electron chi connectivity index (χ4n) is 2.15. The maximum atomic E-state index is 12.0. The molecule has 0 aliphatic rings. The summed E-state index contributed by atoms with van der Waals surface area (Å²) in [5, 5.41) is 6.26. The van der Waals surface area contributed by atoms with Gasteiger partial charge >= 0.3 is 0 Å². The zero-order valence-corrected chi connectivity index (χ0v) is 14.3. The first-order valence-corrected chi connectivity index (χ1v) is 7.93. The summed E-state index contributed by atoms with van der Waals surface area (Å²) in [7, 11) is 0. The number of hydrogen-bond acceptors (Lipinski definition) is 2. The summed E-state index contributed by atoms with van der Waals surface area (Å²) < 4.78 is 0. The van der Waals surface area contributed by atoms with E-state index in [1.807, 2.05) is 31.2 Å². The molecule has 0 saturated carbocycles. The predicted molar refractivity (Wildman–Crippen MR) is 97.8 cm³/mol. The van der Waals surface area contributed by atoms with Crippen molar-refractivity contribution in [1.29, 1.82) is 0 Å². The summed E-state index contributed by atoms with van der Waals surface area (Å²) in [6, 6.07) is 14.5. The quantitative estimate of drug-likeness (QED) is 0.800. The number of nitrogens with one attached hydrogen (secondary N) is 2. The number of halogens is 1. The van der Waals surface area contributed by atoms with Crippen LogP contribution in [0.25, 0.3) is 6.08 Å². The molecule has 0 aliphatic heterocycles. The van der Waals surface area contributed by atoms with E-state index in [2.05, 4.69) is 10.6 Å². The monoisotopic (exact) mass is 342 g/mol. The van der Waals surface area contributed by atoms with Gasteiger partial charge in [-0.2, -0.15) is 0 Å². The molecule has 0 fully saturated rings. The molecule has 0 aromatic heterocycles. The predicted octanol–water partition coefficient (Wildman–Crippen LogP) is 4.19. The Labute approximate surface area is 146 Å². The highest BCUT2D eigenvalue weighted by Gasteiger charge is 2.07. The smallest absolute Gasteiger partial charge is 0.244 e. The maximum Gasteiger partial charge on any atom is 0.244 e. The Morgan fingerprint density at radius 2 is 1.67 bits per heavy atom. The van der Waals surface area contributed by atoms with Crippen LogP contribution in [0, 0.1) is 0 Å². The second-order valence-electron chi connectivity index (χ2n) is 5.42. The topological polar surface area (TPSA) is 58.2 Å². The van der Waals surface area contributed by atoms with Gasteiger partial charge in [0.05, 0.1) is 6.04 Å². The Bertz CT molecular complexity index is 737. The average Bonchev–Trinajstić information content (AvgIpc) is 2.54. The molecule has 0 heterocycles. The number of rotatable bonds is 5. The average molecular weight is 343 g/mol. The van der Waals surface area contributed by atoms with Gasteiger partial charge in [-0.15, -0.1) is 0 Å². The highest BCUT2D eigenvalue weighted by molar-refractivity contribution is 6.30. The zero-order valence-electron chi connectivity index (χ0n) is 13.5.